The molecule has 33 heavy (non-hydrogen) atoms. The number of aryl methyl sites for hydroxylation is 1. The van der Waals surface area contributed by atoms with Gasteiger partial charge < -0.3 is 14.4 Å². The summed E-state index contributed by atoms with van der Waals surface area (Å²) in [6, 6.07) is 14.3. The monoisotopic (exact) mass is 483 g/mol. The van der Waals surface area contributed by atoms with E-state index >= 15 is 0 Å². The van der Waals surface area contributed by atoms with Gasteiger partial charge in [0.2, 0.25) is 0 Å². The summed E-state index contributed by atoms with van der Waals surface area (Å²) in [5.74, 6) is -0.704. The van der Waals surface area contributed by atoms with E-state index in [1.807, 2.05) is 6.07 Å². The summed E-state index contributed by atoms with van der Waals surface area (Å²) in [6.45, 7) is 3.44. The number of carboxylic acids is 1. The smallest absolute Gasteiger partial charge is 0.412 e. The quantitative estimate of drug-likeness (QED) is 0.324. The highest BCUT2D eigenvalue weighted by Gasteiger charge is 2.21. The van der Waals surface area contributed by atoms with E-state index in [1.54, 1.807) is 56.3 Å². The molecule has 0 fully saturated rings. The van der Waals surface area contributed by atoms with Crippen molar-refractivity contribution in [3.8, 4) is 21.9 Å². The fourth-order valence-electron chi connectivity index (χ4n) is 3.14. The van der Waals surface area contributed by atoms with E-state index in [9.17, 15) is 9.59 Å². The van der Waals surface area contributed by atoms with Crippen LogP contribution < -0.4 is 5.32 Å². The SMILES string of the molecule is Cc1noc(-c2ccc(-c3nc(C(=O)O)cs3)cc2)c1NC(=O)OC(C)c1ccccc1Cl. The molecule has 1 unspecified atom stereocenters. The second-order valence-electron chi connectivity index (χ2n) is 7.09. The fourth-order valence-corrected chi connectivity index (χ4v) is 4.23. The maximum Gasteiger partial charge on any atom is 0.412 e. The molecule has 0 spiro atoms. The van der Waals surface area contributed by atoms with Crippen molar-refractivity contribution in [1.29, 1.82) is 0 Å². The summed E-state index contributed by atoms with van der Waals surface area (Å²) in [7, 11) is 0. The number of aromatic carboxylic acids is 1. The van der Waals surface area contributed by atoms with Crippen LogP contribution in [0.2, 0.25) is 5.02 Å². The molecule has 168 valence electrons. The molecule has 2 heterocycles. The predicted molar refractivity (Wildman–Crippen MR) is 125 cm³/mol. The van der Waals surface area contributed by atoms with Crippen molar-refractivity contribution >= 4 is 40.7 Å². The Labute approximate surface area is 197 Å². The van der Waals surface area contributed by atoms with E-state index in [0.29, 0.717) is 38.3 Å². The van der Waals surface area contributed by atoms with E-state index in [0.717, 1.165) is 5.56 Å². The average molecular weight is 484 g/mol. The van der Waals surface area contributed by atoms with E-state index in [-0.39, 0.29) is 5.69 Å². The standard InChI is InChI=1S/C23H18ClN3O5S/c1-12-19(26-23(30)31-13(2)16-5-3-4-6-17(16)24)20(32-27-12)14-7-9-15(10-8-14)21-25-18(11-33-21)22(28)29/h3-11,13H,1-2H3,(H,26,30)(H,28,29). The molecular weight excluding hydrogens is 466 g/mol. The van der Waals surface area contributed by atoms with E-state index < -0.39 is 18.2 Å². The van der Waals surface area contributed by atoms with Gasteiger partial charge in [-0.15, -0.1) is 11.3 Å². The molecule has 4 rings (SSSR count). The highest BCUT2D eigenvalue weighted by atomic mass is 35.5. The van der Waals surface area contributed by atoms with E-state index in [2.05, 4.69) is 15.5 Å². The number of amides is 1. The highest BCUT2D eigenvalue weighted by molar-refractivity contribution is 7.13. The highest BCUT2D eigenvalue weighted by Crippen LogP contribution is 2.34. The van der Waals surface area contributed by atoms with Gasteiger partial charge in [0.05, 0.1) is 0 Å². The van der Waals surface area contributed by atoms with Crippen LogP contribution in [0.5, 0.6) is 0 Å². The molecule has 0 saturated carbocycles. The van der Waals surface area contributed by atoms with Gasteiger partial charge in [0.1, 0.15) is 22.5 Å². The number of nitrogens with one attached hydrogen (secondary N) is 1. The van der Waals surface area contributed by atoms with Crippen molar-refractivity contribution in [2.75, 3.05) is 5.32 Å². The zero-order chi connectivity index (χ0) is 23.5. The number of carbonyl (C=O) groups excluding carboxylic acids is 1. The van der Waals surface area contributed by atoms with Crippen molar-refractivity contribution in [2.24, 2.45) is 0 Å². The van der Waals surface area contributed by atoms with Gasteiger partial charge >= 0.3 is 12.1 Å². The van der Waals surface area contributed by atoms with Crippen molar-refractivity contribution in [3.05, 3.63) is 75.9 Å². The Kier molecular flexibility index (Phi) is 6.43. The van der Waals surface area contributed by atoms with Crippen molar-refractivity contribution in [3.63, 3.8) is 0 Å². The van der Waals surface area contributed by atoms with Crippen LogP contribution in [-0.4, -0.2) is 27.3 Å². The van der Waals surface area contributed by atoms with Crippen LogP contribution in [-0.2, 0) is 4.74 Å². The molecule has 2 aromatic heterocycles. The van der Waals surface area contributed by atoms with Gasteiger partial charge in [-0.2, -0.15) is 0 Å². The number of rotatable bonds is 6. The minimum absolute atomic E-state index is 0.000883. The normalized spacial score (nSPS) is 11.7. The number of hydrogen-bond acceptors (Lipinski definition) is 7. The lowest BCUT2D eigenvalue weighted by Crippen LogP contribution is -2.17. The maximum atomic E-state index is 12.5. The lowest BCUT2D eigenvalue weighted by atomic mass is 10.1. The summed E-state index contributed by atoms with van der Waals surface area (Å²) in [5.41, 5.74) is 3.00. The number of aromatic nitrogens is 2. The molecule has 0 aliphatic carbocycles. The molecule has 8 nitrogen and oxygen atoms in total. The molecule has 2 aromatic carbocycles. The molecule has 1 atom stereocenters. The number of anilines is 1. The van der Waals surface area contributed by atoms with Crippen LogP contribution in [0.4, 0.5) is 10.5 Å². The largest absolute Gasteiger partial charge is 0.476 e. The Balaban J connectivity index is 1.51. The van der Waals surface area contributed by atoms with Crippen LogP contribution in [0, 0.1) is 6.92 Å². The van der Waals surface area contributed by atoms with Crippen LogP contribution in [0.3, 0.4) is 0 Å². The van der Waals surface area contributed by atoms with E-state index in [1.165, 1.54) is 16.7 Å². The number of carbonyl (C=O) groups is 2. The molecule has 1 amide bonds. The second-order valence-corrected chi connectivity index (χ2v) is 8.35. The topological polar surface area (TPSA) is 115 Å². The summed E-state index contributed by atoms with van der Waals surface area (Å²) in [6.07, 6.45) is -1.23. The summed E-state index contributed by atoms with van der Waals surface area (Å²) < 4.78 is 10.9. The minimum atomic E-state index is -1.07. The minimum Gasteiger partial charge on any atom is -0.476 e. The molecule has 0 aliphatic heterocycles. The van der Waals surface area contributed by atoms with Crippen molar-refractivity contribution in [1.82, 2.24) is 10.1 Å². The van der Waals surface area contributed by atoms with Gasteiger partial charge in [-0.3, -0.25) is 5.32 Å². The summed E-state index contributed by atoms with van der Waals surface area (Å²) >= 11 is 7.42. The number of halogens is 1. The van der Waals surface area contributed by atoms with Crippen molar-refractivity contribution in [2.45, 2.75) is 20.0 Å². The Morgan fingerprint density at radius 1 is 1.15 bits per heavy atom. The summed E-state index contributed by atoms with van der Waals surface area (Å²) in [4.78, 5) is 27.7. The Morgan fingerprint density at radius 3 is 2.52 bits per heavy atom. The molecule has 0 aliphatic rings. The van der Waals surface area contributed by atoms with Gasteiger partial charge in [-0.25, -0.2) is 14.6 Å². The van der Waals surface area contributed by atoms with Gasteiger partial charge in [-0.1, -0.05) is 59.2 Å². The zero-order valence-corrected chi connectivity index (χ0v) is 19.1. The predicted octanol–water partition coefficient (Wildman–Crippen LogP) is 6.43. The van der Waals surface area contributed by atoms with Gasteiger partial charge in [-0.05, 0) is 19.9 Å². The average Bonchev–Trinajstić information content (AvgIpc) is 3.42. The number of benzene rings is 2. The molecule has 0 radical (unpaired) electrons. The Morgan fingerprint density at radius 2 is 1.85 bits per heavy atom. The maximum absolute atomic E-state index is 12.5. The third-order valence-corrected chi connectivity index (χ3v) is 6.07. The Bertz CT molecular complexity index is 1320. The second kappa shape index (κ2) is 9.43. The first-order valence-corrected chi connectivity index (χ1v) is 11.1. The van der Waals surface area contributed by atoms with Crippen LogP contribution in [0.15, 0.2) is 58.4 Å². The summed E-state index contributed by atoms with van der Waals surface area (Å²) in [5, 5.41) is 18.3. The zero-order valence-electron chi connectivity index (χ0n) is 17.5. The molecule has 10 heteroatoms. The Hall–Kier alpha value is -3.69. The first-order chi connectivity index (χ1) is 15.8. The molecule has 0 saturated heterocycles. The molecule has 2 N–H and O–H groups in total. The van der Waals surface area contributed by atoms with Crippen LogP contribution in [0.25, 0.3) is 21.9 Å². The molecule has 4 aromatic rings. The van der Waals surface area contributed by atoms with Gasteiger partial charge in [0.25, 0.3) is 0 Å². The third kappa shape index (κ3) is 4.89. The fraction of sp³-hybridized carbons (Fsp3) is 0.130. The van der Waals surface area contributed by atoms with E-state index in [4.69, 9.17) is 26.0 Å². The van der Waals surface area contributed by atoms with Crippen LogP contribution >= 0.6 is 22.9 Å². The lowest BCUT2D eigenvalue weighted by molar-refractivity contribution is 0.0691. The first kappa shape index (κ1) is 22.5. The molecule has 0 bridgehead atoms. The number of nitrogens with zero attached hydrogens (tertiary/aromatic N) is 2. The van der Waals surface area contributed by atoms with Crippen molar-refractivity contribution < 1.29 is 24.0 Å². The first-order valence-electron chi connectivity index (χ1n) is 9.81. The number of thiazole rings is 1. The number of hydrogen-bond donors (Lipinski definition) is 2. The van der Waals surface area contributed by atoms with Gasteiger partial charge in [0, 0.05) is 27.1 Å². The number of ether oxygens (including phenoxy) is 1. The lowest BCUT2D eigenvalue weighted by Gasteiger charge is -2.15. The molecular formula is C23H18ClN3O5S. The van der Waals surface area contributed by atoms with Crippen LogP contribution in [0.1, 0.15) is 34.8 Å². The third-order valence-electron chi connectivity index (χ3n) is 4.83. The number of carboxylic acid groups (broad SMARTS) is 1. The van der Waals surface area contributed by atoms with Gasteiger partial charge in [0.15, 0.2) is 11.5 Å².